The van der Waals surface area contributed by atoms with E-state index in [1.807, 2.05) is 21.1 Å². The summed E-state index contributed by atoms with van der Waals surface area (Å²) < 4.78 is 18.6. The minimum absolute atomic E-state index is 0.339. The van der Waals surface area contributed by atoms with E-state index in [4.69, 9.17) is 4.52 Å². The van der Waals surface area contributed by atoms with Gasteiger partial charge in [0.1, 0.15) is 0 Å². The fourth-order valence-electron chi connectivity index (χ4n) is 4.76. The van der Waals surface area contributed by atoms with Crippen molar-refractivity contribution in [2.24, 2.45) is 0 Å². The zero-order chi connectivity index (χ0) is 26.3. The maximum absolute atomic E-state index is 12.7. The van der Waals surface area contributed by atoms with Crippen LogP contribution in [0.5, 0.6) is 0 Å². The molecule has 0 aliphatic heterocycles. The molecule has 2 unspecified atom stereocenters. The van der Waals surface area contributed by atoms with E-state index in [2.05, 4.69) is 26.0 Å². The lowest BCUT2D eigenvalue weighted by atomic mass is 10.0. The third-order valence-electron chi connectivity index (χ3n) is 7.00. The zero-order valence-corrected chi connectivity index (χ0v) is 25.3. The first kappa shape index (κ1) is 34.9. The van der Waals surface area contributed by atoms with Crippen molar-refractivity contribution in [3.63, 3.8) is 0 Å². The van der Waals surface area contributed by atoms with Crippen LogP contribution in [0.4, 0.5) is 0 Å². The smallest absolute Gasteiger partial charge is 0.320 e. The van der Waals surface area contributed by atoms with Crippen molar-refractivity contribution in [2.75, 3.05) is 27.7 Å². The lowest BCUT2D eigenvalue weighted by Gasteiger charge is -2.35. The number of unbranched alkanes of at least 4 members (excludes halogenated alkanes) is 17. The molecular formula is C30H63NO3P+. The quantitative estimate of drug-likeness (QED) is 0.0538. The first-order valence-corrected chi connectivity index (χ1v) is 16.8. The highest BCUT2D eigenvalue weighted by molar-refractivity contribution is 7.53. The molecule has 0 heterocycles. The highest BCUT2D eigenvalue weighted by atomic mass is 31.2. The highest BCUT2D eigenvalue weighted by Gasteiger charge is 2.41. The van der Waals surface area contributed by atoms with E-state index >= 15 is 0 Å². The minimum Gasteiger partial charge on any atom is -0.320 e. The standard InChI is InChI=1S/C30H62NO3P/c1-6-8-9-10-11-12-13-14-15-16-17-18-19-20-21-22-23-24-25-26-27-29-34-35(32,33)30(28-7-2)31(3,4)5/h20-21,30H,6-19,22-29H2,1-5H3/p+1/b21-20-. The molecule has 5 heteroatoms. The minimum atomic E-state index is -3.57. The molecule has 210 valence electrons. The average Bonchev–Trinajstić information content (AvgIpc) is 2.80. The number of allylic oxidation sites excluding steroid dienone is 2. The van der Waals surface area contributed by atoms with Crippen LogP contribution in [0.25, 0.3) is 0 Å². The molecule has 0 spiro atoms. The van der Waals surface area contributed by atoms with E-state index < -0.39 is 7.60 Å². The monoisotopic (exact) mass is 516 g/mol. The second-order valence-corrected chi connectivity index (χ2v) is 13.5. The molecule has 0 saturated heterocycles. The zero-order valence-electron chi connectivity index (χ0n) is 24.4. The Morgan fingerprint density at radius 1 is 0.657 bits per heavy atom. The molecular weight excluding hydrogens is 453 g/mol. The number of quaternary nitrogens is 1. The molecule has 0 radical (unpaired) electrons. The van der Waals surface area contributed by atoms with Crippen molar-refractivity contribution in [3.05, 3.63) is 12.2 Å². The van der Waals surface area contributed by atoms with Crippen molar-refractivity contribution >= 4 is 7.60 Å². The van der Waals surface area contributed by atoms with Crippen LogP contribution in [0.3, 0.4) is 0 Å². The number of hydrogen-bond donors (Lipinski definition) is 1. The van der Waals surface area contributed by atoms with Gasteiger partial charge in [-0.1, -0.05) is 116 Å². The Balaban J connectivity index is 3.49. The largest absolute Gasteiger partial charge is 0.385 e. The van der Waals surface area contributed by atoms with Gasteiger partial charge in [-0.05, 0) is 38.5 Å². The molecule has 0 aromatic carbocycles. The van der Waals surface area contributed by atoms with Crippen molar-refractivity contribution in [1.82, 2.24) is 0 Å². The van der Waals surface area contributed by atoms with Crippen LogP contribution in [0.1, 0.15) is 149 Å². The van der Waals surface area contributed by atoms with E-state index in [1.165, 1.54) is 109 Å². The van der Waals surface area contributed by atoms with Crippen molar-refractivity contribution < 1.29 is 18.5 Å². The molecule has 0 amide bonds. The van der Waals surface area contributed by atoms with E-state index in [0.717, 1.165) is 19.3 Å². The maximum Gasteiger partial charge on any atom is 0.385 e. The molecule has 35 heavy (non-hydrogen) atoms. The highest BCUT2D eigenvalue weighted by Crippen LogP contribution is 2.51. The molecule has 0 rings (SSSR count). The molecule has 0 fully saturated rings. The van der Waals surface area contributed by atoms with Crippen LogP contribution in [-0.4, -0.2) is 42.9 Å². The molecule has 0 saturated carbocycles. The van der Waals surface area contributed by atoms with Gasteiger partial charge in [-0.2, -0.15) is 0 Å². The summed E-state index contributed by atoms with van der Waals surface area (Å²) >= 11 is 0. The Bertz CT molecular complexity index is 530. The molecule has 0 bridgehead atoms. The molecule has 0 aromatic heterocycles. The average molecular weight is 517 g/mol. The topological polar surface area (TPSA) is 46.5 Å². The summed E-state index contributed by atoms with van der Waals surface area (Å²) in [7, 11) is 2.34. The van der Waals surface area contributed by atoms with Crippen LogP contribution in [0.2, 0.25) is 0 Å². The van der Waals surface area contributed by atoms with Crippen molar-refractivity contribution in [1.29, 1.82) is 0 Å². The van der Waals surface area contributed by atoms with Crippen LogP contribution < -0.4 is 0 Å². The summed E-state index contributed by atoms with van der Waals surface area (Å²) in [5, 5.41) is 0. The Morgan fingerprint density at radius 3 is 1.46 bits per heavy atom. The van der Waals surface area contributed by atoms with Crippen LogP contribution >= 0.6 is 7.60 Å². The van der Waals surface area contributed by atoms with E-state index in [1.54, 1.807) is 0 Å². The van der Waals surface area contributed by atoms with Gasteiger partial charge in [0, 0.05) is 6.42 Å². The second-order valence-electron chi connectivity index (χ2n) is 11.5. The van der Waals surface area contributed by atoms with Gasteiger partial charge in [0.25, 0.3) is 0 Å². The second kappa shape index (κ2) is 23.0. The van der Waals surface area contributed by atoms with Crippen LogP contribution in [0, 0.1) is 0 Å². The van der Waals surface area contributed by atoms with Crippen LogP contribution in [-0.2, 0) is 9.09 Å². The van der Waals surface area contributed by atoms with E-state index in [9.17, 15) is 9.46 Å². The fraction of sp³-hybridized carbons (Fsp3) is 0.933. The predicted octanol–water partition coefficient (Wildman–Crippen LogP) is 10.0. The molecule has 4 nitrogen and oxygen atoms in total. The van der Waals surface area contributed by atoms with E-state index in [0.29, 0.717) is 17.5 Å². The lowest BCUT2D eigenvalue weighted by Crippen LogP contribution is -2.45. The van der Waals surface area contributed by atoms with Gasteiger partial charge in [-0.15, -0.1) is 0 Å². The van der Waals surface area contributed by atoms with Gasteiger partial charge in [-0.3, -0.25) is 4.57 Å². The van der Waals surface area contributed by atoms with Gasteiger partial charge < -0.3 is 13.9 Å². The number of rotatable bonds is 26. The first-order chi connectivity index (χ1) is 16.8. The van der Waals surface area contributed by atoms with Gasteiger partial charge in [-0.25, -0.2) is 0 Å². The Hall–Kier alpha value is -0.150. The van der Waals surface area contributed by atoms with Crippen LogP contribution in [0.15, 0.2) is 12.2 Å². The Labute approximate surface area is 220 Å². The van der Waals surface area contributed by atoms with E-state index in [-0.39, 0.29) is 5.78 Å². The third-order valence-corrected chi connectivity index (χ3v) is 9.26. The van der Waals surface area contributed by atoms with Gasteiger partial charge in [0.2, 0.25) is 0 Å². The Kier molecular flexibility index (Phi) is 22.9. The molecule has 2 atom stereocenters. The lowest BCUT2D eigenvalue weighted by molar-refractivity contribution is -0.883. The summed E-state index contributed by atoms with van der Waals surface area (Å²) in [5.41, 5.74) is 0. The van der Waals surface area contributed by atoms with Crippen molar-refractivity contribution in [2.45, 2.75) is 154 Å². The first-order valence-electron chi connectivity index (χ1n) is 15.2. The maximum atomic E-state index is 12.7. The summed E-state index contributed by atoms with van der Waals surface area (Å²) in [5.74, 6) is -0.339. The summed E-state index contributed by atoms with van der Waals surface area (Å²) in [6, 6.07) is 0. The molecule has 0 aliphatic rings. The van der Waals surface area contributed by atoms with Gasteiger partial charge in [0.05, 0.1) is 27.7 Å². The molecule has 0 aromatic rings. The summed E-state index contributed by atoms with van der Waals surface area (Å²) in [6.07, 6.45) is 31.4. The Morgan fingerprint density at radius 2 is 1.06 bits per heavy atom. The predicted molar refractivity (Wildman–Crippen MR) is 155 cm³/mol. The third kappa shape index (κ3) is 21.6. The van der Waals surface area contributed by atoms with Gasteiger partial charge in [0.15, 0.2) is 5.78 Å². The molecule has 0 aliphatic carbocycles. The summed E-state index contributed by atoms with van der Waals surface area (Å²) in [6.45, 7) is 4.73. The molecule has 1 N–H and O–H groups in total. The SMILES string of the molecule is CCCCCCCCCCCCCC/C=C\CCCCCCCOP(=O)(O)C(CCC)[N+](C)(C)C. The fourth-order valence-corrected chi connectivity index (χ4v) is 6.78. The summed E-state index contributed by atoms with van der Waals surface area (Å²) in [4.78, 5) is 10.4. The number of hydrogen-bond acceptors (Lipinski definition) is 2. The van der Waals surface area contributed by atoms with Crippen molar-refractivity contribution in [3.8, 4) is 0 Å². The normalized spacial score (nSPS) is 15.0. The van der Waals surface area contributed by atoms with Gasteiger partial charge >= 0.3 is 7.60 Å². The number of nitrogens with zero attached hydrogens (tertiary/aromatic N) is 1.